The van der Waals surface area contributed by atoms with Gasteiger partial charge in [0.2, 0.25) is 5.95 Å². The Bertz CT molecular complexity index is 985. The van der Waals surface area contributed by atoms with Crippen LogP contribution in [0.25, 0.3) is 5.69 Å². The molecule has 0 spiro atoms. The maximum atomic E-state index is 13.6. The molecule has 0 saturated heterocycles. The maximum Gasteiger partial charge on any atom is 0.434 e. The zero-order valence-corrected chi connectivity index (χ0v) is 15.2. The summed E-state index contributed by atoms with van der Waals surface area (Å²) in [6, 6.07) is 6.69. The quantitative estimate of drug-likeness (QED) is 0.593. The summed E-state index contributed by atoms with van der Waals surface area (Å²) in [7, 11) is 0. The predicted molar refractivity (Wildman–Crippen MR) is 93.6 cm³/mol. The number of hydrogen-bond acceptors (Lipinski definition) is 4. The topological polar surface area (TPSA) is 72.7 Å². The number of rotatable bonds is 3. The minimum absolute atomic E-state index is 0.0767. The van der Waals surface area contributed by atoms with Crippen LogP contribution in [0.5, 0.6) is 0 Å². The third kappa shape index (κ3) is 4.32. The molecule has 1 amide bonds. The lowest BCUT2D eigenvalue weighted by molar-refractivity contribution is -0.143. The second-order valence-corrected chi connectivity index (χ2v) is 6.29. The lowest BCUT2D eigenvalue weighted by Gasteiger charge is -2.12. The molecule has 0 unspecified atom stereocenters. The monoisotopic (exact) mass is 435 g/mol. The molecule has 0 bridgehead atoms. The molecule has 2 heterocycles. The number of aromatic nitrogens is 4. The molecule has 12 heteroatoms. The fourth-order valence-corrected chi connectivity index (χ4v) is 2.73. The Morgan fingerprint density at radius 2 is 1.63 bits per heavy atom. The molecule has 3 rings (SSSR count). The van der Waals surface area contributed by atoms with Crippen LogP contribution in [0.2, 0.25) is 15.3 Å². The van der Waals surface area contributed by atoms with Crippen LogP contribution in [-0.2, 0) is 6.18 Å². The molecule has 0 aliphatic heterocycles. The fourth-order valence-electron chi connectivity index (χ4n) is 2.18. The van der Waals surface area contributed by atoms with Crippen molar-refractivity contribution in [3.05, 3.63) is 63.1 Å². The molecular formula is C15H7Cl3F3N5O. The molecule has 3 aromatic rings. The SMILES string of the molecule is O=C(Nc1nc(Cl)cc(Cl)n1)c1cnn(-c2ccc(Cl)cc2)c1C(F)(F)F. The molecule has 6 nitrogen and oxygen atoms in total. The molecule has 0 saturated carbocycles. The first-order valence-electron chi connectivity index (χ1n) is 7.08. The van der Waals surface area contributed by atoms with Crippen LogP contribution < -0.4 is 5.32 Å². The van der Waals surface area contributed by atoms with Crippen molar-refractivity contribution in [3.63, 3.8) is 0 Å². The zero-order valence-electron chi connectivity index (χ0n) is 12.9. The van der Waals surface area contributed by atoms with Crippen LogP contribution >= 0.6 is 34.8 Å². The Morgan fingerprint density at radius 1 is 1.04 bits per heavy atom. The minimum Gasteiger partial charge on any atom is -0.290 e. The summed E-state index contributed by atoms with van der Waals surface area (Å²) in [5, 5.41) is 5.97. The minimum atomic E-state index is -4.87. The second-order valence-electron chi connectivity index (χ2n) is 5.08. The average molecular weight is 437 g/mol. The Labute approximate surface area is 164 Å². The van der Waals surface area contributed by atoms with Gasteiger partial charge in [-0.05, 0) is 24.3 Å². The van der Waals surface area contributed by atoms with Gasteiger partial charge in [-0.2, -0.15) is 18.3 Å². The molecule has 0 aliphatic rings. The highest BCUT2D eigenvalue weighted by molar-refractivity contribution is 6.33. The van der Waals surface area contributed by atoms with E-state index >= 15 is 0 Å². The van der Waals surface area contributed by atoms with Crippen LogP contribution in [0.4, 0.5) is 19.1 Å². The first-order chi connectivity index (χ1) is 12.6. The summed E-state index contributed by atoms with van der Waals surface area (Å²) >= 11 is 17.1. The molecule has 2 aromatic heterocycles. The van der Waals surface area contributed by atoms with Crippen molar-refractivity contribution >= 4 is 46.7 Å². The summed E-state index contributed by atoms with van der Waals surface area (Å²) in [6.07, 6.45) is -4.07. The molecule has 140 valence electrons. The number of carbonyl (C=O) groups excluding carboxylic acids is 1. The van der Waals surface area contributed by atoms with Gasteiger partial charge in [0, 0.05) is 11.1 Å². The van der Waals surface area contributed by atoms with Crippen LogP contribution in [0, 0.1) is 0 Å². The maximum absolute atomic E-state index is 13.6. The third-order valence-corrected chi connectivity index (χ3v) is 3.88. The van der Waals surface area contributed by atoms with Crippen molar-refractivity contribution < 1.29 is 18.0 Å². The fraction of sp³-hybridized carbons (Fsp3) is 0.0667. The molecule has 0 atom stereocenters. The van der Waals surface area contributed by atoms with Gasteiger partial charge in [0.1, 0.15) is 10.3 Å². The van der Waals surface area contributed by atoms with Gasteiger partial charge < -0.3 is 0 Å². The van der Waals surface area contributed by atoms with Crippen molar-refractivity contribution in [2.75, 3.05) is 5.32 Å². The number of anilines is 1. The molecule has 1 aromatic carbocycles. The number of carbonyl (C=O) groups is 1. The van der Waals surface area contributed by atoms with Crippen molar-refractivity contribution in [1.29, 1.82) is 0 Å². The first-order valence-corrected chi connectivity index (χ1v) is 8.21. The van der Waals surface area contributed by atoms with E-state index < -0.39 is 23.3 Å². The predicted octanol–water partition coefficient (Wildman–Crippen LogP) is 4.89. The normalized spacial score (nSPS) is 11.5. The summed E-state index contributed by atoms with van der Waals surface area (Å²) < 4.78 is 41.4. The van der Waals surface area contributed by atoms with E-state index in [-0.39, 0.29) is 21.9 Å². The molecule has 27 heavy (non-hydrogen) atoms. The standard InChI is InChI=1S/C15H7Cl3F3N5O/c16-7-1-3-8(4-2-7)26-12(15(19,20)21)9(6-22-26)13(27)25-14-23-10(17)5-11(18)24-14/h1-6H,(H,23,24,25,27). The first kappa shape index (κ1) is 19.4. The van der Waals surface area contributed by atoms with E-state index in [1.54, 1.807) is 0 Å². The van der Waals surface area contributed by atoms with Crippen molar-refractivity contribution in [2.45, 2.75) is 6.18 Å². The average Bonchev–Trinajstić information content (AvgIpc) is 3.00. The lowest BCUT2D eigenvalue weighted by Crippen LogP contribution is -2.21. The molecule has 0 fully saturated rings. The van der Waals surface area contributed by atoms with Crippen LogP contribution in [0.15, 0.2) is 36.5 Å². The van der Waals surface area contributed by atoms with E-state index in [1.165, 1.54) is 30.3 Å². The number of benzene rings is 1. The van der Waals surface area contributed by atoms with E-state index in [0.29, 0.717) is 9.70 Å². The molecular weight excluding hydrogens is 430 g/mol. The van der Waals surface area contributed by atoms with E-state index in [4.69, 9.17) is 34.8 Å². The Hall–Kier alpha value is -2.36. The molecule has 0 aliphatic carbocycles. The number of nitrogens with one attached hydrogen (secondary N) is 1. The van der Waals surface area contributed by atoms with Gasteiger partial charge in [0.25, 0.3) is 5.91 Å². The highest BCUT2D eigenvalue weighted by atomic mass is 35.5. The van der Waals surface area contributed by atoms with E-state index in [1.807, 2.05) is 0 Å². The van der Waals surface area contributed by atoms with E-state index in [0.717, 1.165) is 6.20 Å². The van der Waals surface area contributed by atoms with Crippen LogP contribution in [0.3, 0.4) is 0 Å². The van der Waals surface area contributed by atoms with Gasteiger partial charge in [0.05, 0.1) is 17.4 Å². The number of alkyl halides is 3. The molecule has 0 radical (unpaired) electrons. The van der Waals surface area contributed by atoms with Crippen molar-refractivity contribution in [1.82, 2.24) is 19.7 Å². The Morgan fingerprint density at radius 3 is 2.19 bits per heavy atom. The van der Waals surface area contributed by atoms with Crippen LogP contribution in [-0.4, -0.2) is 25.7 Å². The highest BCUT2D eigenvalue weighted by Gasteiger charge is 2.40. The molecule has 1 N–H and O–H groups in total. The van der Waals surface area contributed by atoms with Gasteiger partial charge in [0.15, 0.2) is 5.69 Å². The van der Waals surface area contributed by atoms with E-state index in [2.05, 4.69) is 20.4 Å². The largest absolute Gasteiger partial charge is 0.434 e. The zero-order chi connectivity index (χ0) is 19.8. The van der Waals surface area contributed by atoms with Gasteiger partial charge in [-0.15, -0.1) is 0 Å². The number of hydrogen-bond donors (Lipinski definition) is 1. The number of amides is 1. The van der Waals surface area contributed by atoms with E-state index in [9.17, 15) is 18.0 Å². The highest BCUT2D eigenvalue weighted by Crippen LogP contribution is 2.34. The van der Waals surface area contributed by atoms with Gasteiger partial charge in [-0.3, -0.25) is 10.1 Å². The summed E-state index contributed by atoms with van der Waals surface area (Å²) in [5.74, 6) is -1.47. The Kier molecular flexibility index (Phi) is 5.27. The number of nitrogens with zero attached hydrogens (tertiary/aromatic N) is 4. The van der Waals surface area contributed by atoms with Crippen molar-refractivity contribution in [3.8, 4) is 5.69 Å². The van der Waals surface area contributed by atoms with Crippen molar-refractivity contribution in [2.24, 2.45) is 0 Å². The summed E-state index contributed by atoms with van der Waals surface area (Å²) in [6.45, 7) is 0. The van der Waals surface area contributed by atoms with Gasteiger partial charge in [-0.25, -0.2) is 14.6 Å². The lowest BCUT2D eigenvalue weighted by atomic mass is 10.2. The summed E-state index contributed by atoms with van der Waals surface area (Å²) in [5.41, 5.74) is -1.92. The van der Waals surface area contributed by atoms with Gasteiger partial charge >= 0.3 is 6.18 Å². The third-order valence-electron chi connectivity index (χ3n) is 3.24. The number of halogens is 6. The smallest absolute Gasteiger partial charge is 0.290 e. The summed E-state index contributed by atoms with van der Waals surface area (Å²) in [4.78, 5) is 19.7. The second kappa shape index (κ2) is 7.34. The Balaban J connectivity index is 2.02. The van der Waals surface area contributed by atoms with Crippen LogP contribution in [0.1, 0.15) is 16.1 Å². The van der Waals surface area contributed by atoms with Gasteiger partial charge in [-0.1, -0.05) is 34.8 Å².